The number of ketones is 1. The van der Waals surface area contributed by atoms with Crippen molar-refractivity contribution >= 4 is 5.78 Å². The number of fused-ring (bicyclic) bond motifs is 5. The number of hydrogen-bond donors (Lipinski definition) is 0. The molecule has 1 aromatic heterocycles. The van der Waals surface area contributed by atoms with Crippen LogP contribution in [-0.4, -0.2) is 15.6 Å². The minimum Gasteiger partial charge on any atom is -0.295 e. The fourth-order valence-electron chi connectivity index (χ4n) is 8.41. The average molecular weight is 415 g/mol. The first-order valence-electron chi connectivity index (χ1n) is 12.3. The lowest BCUT2D eigenvalue weighted by atomic mass is 9.47. The van der Waals surface area contributed by atoms with Gasteiger partial charge in [-0.15, -0.1) is 0 Å². The molecule has 2 aromatic rings. The van der Waals surface area contributed by atoms with Gasteiger partial charge in [-0.2, -0.15) is 5.10 Å². The van der Waals surface area contributed by atoms with Crippen LogP contribution >= 0.6 is 0 Å². The van der Waals surface area contributed by atoms with E-state index in [1.807, 2.05) is 12.3 Å². The molecule has 6 atom stereocenters. The first-order chi connectivity index (χ1) is 15.0. The van der Waals surface area contributed by atoms with E-state index in [9.17, 15) is 4.79 Å². The van der Waals surface area contributed by atoms with Crippen molar-refractivity contribution in [1.29, 1.82) is 0 Å². The number of para-hydroxylation sites is 1. The van der Waals surface area contributed by atoms with Gasteiger partial charge in [-0.1, -0.05) is 37.6 Å². The van der Waals surface area contributed by atoms with E-state index in [0.29, 0.717) is 17.1 Å². The van der Waals surface area contributed by atoms with E-state index < -0.39 is 0 Å². The highest BCUT2D eigenvalue weighted by atomic mass is 16.1. The van der Waals surface area contributed by atoms with Gasteiger partial charge in [0.1, 0.15) is 0 Å². The molecular formula is C28H34N2O. The Balaban J connectivity index is 1.33. The normalized spacial score (nSPS) is 39.4. The van der Waals surface area contributed by atoms with Crippen molar-refractivity contribution < 1.29 is 4.79 Å². The van der Waals surface area contributed by atoms with Gasteiger partial charge in [-0.05, 0) is 97.8 Å². The standard InChI is InChI=1S/C28H34N2O/c1-27-15-12-21(31)18-19(27)8-9-22-23-10-11-25(28(23,2)16-13-24(22)27)26-14-17-29-30(26)20-6-4-3-5-7-20/h3-7,14,17-18,22-25H,8-13,15-16H2,1-2H3/t22-,23-,24-,25+,27-,28-/m0/s1. The van der Waals surface area contributed by atoms with Gasteiger partial charge in [0.25, 0.3) is 0 Å². The van der Waals surface area contributed by atoms with Gasteiger partial charge >= 0.3 is 0 Å². The number of aromatic nitrogens is 2. The lowest BCUT2D eigenvalue weighted by Gasteiger charge is -2.58. The molecule has 1 heterocycles. The van der Waals surface area contributed by atoms with Crippen LogP contribution in [0.4, 0.5) is 0 Å². The van der Waals surface area contributed by atoms with Crippen molar-refractivity contribution in [2.24, 2.45) is 28.6 Å². The summed E-state index contributed by atoms with van der Waals surface area (Å²) in [5.74, 6) is 3.32. The summed E-state index contributed by atoms with van der Waals surface area (Å²) >= 11 is 0. The Labute approximate surface area is 185 Å². The van der Waals surface area contributed by atoms with Crippen LogP contribution in [0.2, 0.25) is 0 Å². The number of benzene rings is 1. The number of nitrogens with zero attached hydrogens (tertiary/aromatic N) is 2. The topological polar surface area (TPSA) is 34.9 Å². The number of carbonyl (C=O) groups excluding carboxylic acids is 1. The minimum absolute atomic E-state index is 0.266. The van der Waals surface area contributed by atoms with Crippen LogP contribution in [0, 0.1) is 28.6 Å². The Morgan fingerprint density at radius 1 is 0.935 bits per heavy atom. The number of hydrogen-bond acceptors (Lipinski definition) is 2. The van der Waals surface area contributed by atoms with E-state index in [1.54, 1.807) is 0 Å². The van der Waals surface area contributed by atoms with Crippen LogP contribution in [0.15, 0.2) is 54.2 Å². The third-order valence-electron chi connectivity index (χ3n) is 9.99. The SMILES string of the molecule is C[C@]12CC[C@H]3[C@@H](CCC4=CC(=O)CC[C@@]43C)[C@@H]1CC[C@@H]2c1ccnn1-c1ccccc1. The highest BCUT2D eigenvalue weighted by Crippen LogP contribution is 2.68. The molecule has 3 heteroatoms. The zero-order chi connectivity index (χ0) is 21.2. The molecule has 0 bridgehead atoms. The summed E-state index contributed by atoms with van der Waals surface area (Å²) in [4.78, 5) is 12.1. The largest absolute Gasteiger partial charge is 0.295 e. The van der Waals surface area contributed by atoms with E-state index in [1.165, 1.54) is 49.1 Å². The Morgan fingerprint density at radius 3 is 2.61 bits per heavy atom. The summed E-state index contributed by atoms with van der Waals surface area (Å²) in [5.41, 5.74) is 4.68. The quantitative estimate of drug-likeness (QED) is 0.563. The molecule has 0 saturated heterocycles. The highest BCUT2D eigenvalue weighted by molar-refractivity contribution is 5.91. The Hall–Kier alpha value is -2.16. The van der Waals surface area contributed by atoms with Gasteiger partial charge in [-0.25, -0.2) is 4.68 Å². The average Bonchev–Trinajstić information content (AvgIpc) is 3.38. The predicted octanol–water partition coefficient (Wildman–Crippen LogP) is 6.49. The van der Waals surface area contributed by atoms with Crippen molar-refractivity contribution in [1.82, 2.24) is 9.78 Å². The second kappa shape index (κ2) is 6.92. The van der Waals surface area contributed by atoms with Crippen molar-refractivity contribution in [2.75, 3.05) is 0 Å². The Kier molecular flexibility index (Phi) is 4.36. The number of rotatable bonds is 2. The van der Waals surface area contributed by atoms with Crippen LogP contribution < -0.4 is 0 Å². The van der Waals surface area contributed by atoms with Crippen LogP contribution in [0.1, 0.15) is 76.8 Å². The maximum Gasteiger partial charge on any atom is 0.155 e. The predicted molar refractivity (Wildman–Crippen MR) is 123 cm³/mol. The van der Waals surface area contributed by atoms with E-state index >= 15 is 0 Å². The lowest BCUT2D eigenvalue weighted by Crippen LogP contribution is -2.50. The summed E-state index contributed by atoms with van der Waals surface area (Å²) in [6.45, 7) is 5.08. The third kappa shape index (κ3) is 2.78. The summed E-state index contributed by atoms with van der Waals surface area (Å²) in [7, 11) is 0. The fraction of sp³-hybridized carbons (Fsp3) is 0.571. The van der Waals surface area contributed by atoms with Gasteiger partial charge in [0, 0.05) is 24.2 Å². The number of allylic oxidation sites excluding steroid dienone is 1. The molecule has 0 N–H and O–H groups in total. The van der Waals surface area contributed by atoms with Crippen LogP contribution in [0.5, 0.6) is 0 Å². The van der Waals surface area contributed by atoms with Gasteiger partial charge < -0.3 is 0 Å². The summed E-state index contributed by atoms with van der Waals surface area (Å²) < 4.78 is 2.19. The van der Waals surface area contributed by atoms with Crippen molar-refractivity contribution in [2.45, 2.75) is 71.1 Å². The van der Waals surface area contributed by atoms with Gasteiger partial charge in [0.15, 0.2) is 5.78 Å². The molecule has 6 rings (SSSR count). The molecule has 1 aromatic carbocycles. The summed E-state index contributed by atoms with van der Waals surface area (Å²) in [5, 5.41) is 4.73. The molecule has 3 nitrogen and oxygen atoms in total. The Bertz CT molecular complexity index is 1040. The van der Waals surface area contributed by atoms with Crippen molar-refractivity contribution in [3.63, 3.8) is 0 Å². The molecule has 0 spiro atoms. The summed E-state index contributed by atoms with van der Waals surface area (Å²) in [6.07, 6.45) is 13.5. The monoisotopic (exact) mass is 414 g/mol. The molecule has 4 aliphatic carbocycles. The minimum atomic E-state index is 0.266. The van der Waals surface area contributed by atoms with E-state index in [2.05, 4.69) is 54.9 Å². The maximum atomic E-state index is 12.1. The van der Waals surface area contributed by atoms with Crippen LogP contribution in [0.3, 0.4) is 0 Å². The first-order valence-corrected chi connectivity index (χ1v) is 12.3. The molecule has 0 aliphatic heterocycles. The molecule has 3 fully saturated rings. The van der Waals surface area contributed by atoms with Crippen molar-refractivity contribution in [3.8, 4) is 5.69 Å². The van der Waals surface area contributed by atoms with E-state index in [0.717, 1.165) is 37.0 Å². The highest BCUT2D eigenvalue weighted by Gasteiger charge is 2.59. The second-order valence-electron chi connectivity index (χ2n) is 11.1. The smallest absolute Gasteiger partial charge is 0.155 e. The first kappa shape index (κ1) is 19.5. The van der Waals surface area contributed by atoms with Gasteiger partial charge in [0.05, 0.1) is 5.69 Å². The Morgan fingerprint density at radius 2 is 1.77 bits per heavy atom. The molecule has 31 heavy (non-hydrogen) atoms. The van der Waals surface area contributed by atoms with Crippen molar-refractivity contribution in [3.05, 3.63) is 59.9 Å². The van der Waals surface area contributed by atoms with E-state index in [4.69, 9.17) is 5.10 Å². The molecule has 0 unspecified atom stereocenters. The summed E-state index contributed by atoms with van der Waals surface area (Å²) in [6, 6.07) is 12.9. The zero-order valence-electron chi connectivity index (χ0n) is 18.9. The molecule has 162 valence electrons. The third-order valence-corrected chi connectivity index (χ3v) is 9.99. The van der Waals surface area contributed by atoms with Crippen LogP contribution in [0.25, 0.3) is 5.69 Å². The van der Waals surface area contributed by atoms with Gasteiger partial charge in [0.2, 0.25) is 0 Å². The fourth-order valence-corrected chi connectivity index (χ4v) is 8.41. The molecule has 0 radical (unpaired) electrons. The van der Waals surface area contributed by atoms with E-state index in [-0.39, 0.29) is 5.41 Å². The molecular weight excluding hydrogens is 380 g/mol. The van der Waals surface area contributed by atoms with Gasteiger partial charge in [-0.3, -0.25) is 4.79 Å². The molecule has 4 aliphatic rings. The van der Waals surface area contributed by atoms with Crippen LogP contribution in [-0.2, 0) is 4.79 Å². The maximum absolute atomic E-state index is 12.1. The molecule has 3 saturated carbocycles. The lowest BCUT2D eigenvalue weighted by molar-refractivity contribution is -0.117. The second-order valence-corrected chi connectivity index (χ2v) is 11.1. The molecule has 0 amide bonds. The number of carbonyl (C=O) groups is 1. The zero-order valence-corrected chi connectivity index (χ0v) is 18.9.